The van der Waals surface area contributed by atoms with Crippen LogP contribution in [-0.2, 0) is 6.42 Å². The van der Waals surface area contributed by atoms with E-state index in [1.807, 2.05) is 54.6 Å². The number of carbonyl (C=O) groups is 1. The summed E-state index contributed by atoms with van der Waals surface area (Å²) >= 11 is 6.23. The average molecular weight is 430 g/mol. The predicted molar refractivity (Wildman–Crippen MR) is 125 cm³/mol. The minimum atomic E-state index is -0.412. The molecule has 0 bridgehead atoms. The number of H-pyrrole nitrogens is 1. The van der Waals surface area contributed by atoms with Crippen molar-refractivity contribution in [2.75, 3.05) is 7.11 Å². The maximum atomic E-state index is 13.1. The summed E-state index contributed by atoms with van der Waals surface area (Å²) in [6, 6.07) is 22.3. The molecular weight excluding hydrogens is 410 g/mol. The largest absolute Gasteiger partial charge is 0.497 e. The Morgan fingerprint density at radius 3 is 2.48 bits per heavy atom. The third-order valence-corrected chi connectivity index (χ3v) is 5.33. The molecule has 1 N–H and O–H groups in total. The lowest BCUT2D eigenvalue weighted by Crippen LogP contribution is -2.20. The van der Waals surface area contributed by atoms with Gasteiger partial charge in [-0.15, -0.1) is 0 Å². The van der Waals surface area contributed by atoms with Crippen molar-refractivity contribution < 1.29 is 9.53 Å². The van der Waals surface area contributed by atoms with Crippen LogP contribution in [0.25, 0.3) is 17.0 Å². The van der Waals surface area contributed by atoms with E-state index in [1.54, 1.807) is 31.4 Å². The minimum absolute atomic E-state index is 0.128. The maximum Gasteiger partial charge on any atom is 0.259 e. The van der Waals surface area contributed by atoms with E-state index in [4.69, 9.17) is 16.3 Å². The van der Waals surface area contributed by atoms with E-state index in [1.165, 1.54) is 6.08 Å². The molecule has 0 amide bonds. The van der Waals surface area contributed by atoms with E-state index in [-0.39, 0.29) is 11.3 Å². The van der Waals surface area contributed by atoms with E-state index < -0.39 is 5.56 Å². The second-order valence-electron chi connectivity index (χ2n) is 7.13. The molecule has 0 saturated carbocycles. The quantitative estimate of drug-likeness (QED) is 0.317. The molecule has 0 radical (unpaired) electrons. The molecule has 154 valence electrons. The fourth-order valence-electron chi connectivity index (χ4n) is 3.55. The summed E-state index contributed by atoms with van der Waals surface area (Å²) < 4.78 is 5.16. The van der Waals surface area contributed by atoms with E-state index in [0.29, 0.717) is 22.5 Å². The number of pyridine rings is 1. The van der Waals surface area contributed by atoms with Gasteiger partial charge in [0.05, 0.1) is 12.7 Å². The summed E-state index contributed by atoms with van der Waals surface area (Å²) in [5.74, 6) is 0.376. The molecular formula is C26H20ClNO3. The molecule has 4 nitrogen and oxygen atoms in total. The number of aromatic amines is 1. The summed E-state index contributed by atoms with van der Waals surface area (Å²) in [5, 5.41) is 1.30. The lowest BCUT2D eigenvalue weighted by atomic mass is 9.94. The SMILES string of the molecule is COc1ccc(/C=C/C(=O)c2c(Cc3ccccc3)c3cc(Cl)ccc3[nH]c2=O)cc1. The molecule has 4 rings (SSSR count). The number of carbonyl (C=O) groups excluding carboxylic acids is 1. The van der Waals surface area contributed by atoms with Gasteiger partial charge >= 0.3 is 0 Å². The van der Waals surface area contributed by atoms with Gasteiger partial charge in [0.15, 0.2) is 5.78 Å². The number of allylic oxidation sites excluding steroid dienone is 1. The molecule has 1 aromatic heterocycles. The van der Waals surface area contributed by atoms with Crippen LogP contribution in [-0.4, -0.2) is 17.9 Å². The van der Waals surface area contributed by atoms with Gasteiger partial charge in [0.2, 0.25) is 0 Å². The van der Waals surface area contributed by atoms with Crippen molar-refractivity contribution >= 4 is 34.4 Å². The number of ether oxygens (including phenoxy) is 1. The molecule has 1 heterocycles. The zero-order chi connectivity index (χ0) is 21.8. The number of methoxy groups -OCH3 is 1. The number of benzene rings is 3. The highest BCUT2D eigenvalue weighted by Gasteiger charge is 2.18. The first kappa shape index (κ1) is 20.6. The normalized spacial score (nSPS) is 11.2. The zero-order valence-corrected chi connectivity index (χ0v) is 17.6. The Morgan fingerprint density at radius 2 is 1.77 bits per heavy atom. The lowest BCUT2D eigenvalue weighted by molar-refractivity contribution is 0.104. The monoisotopic (exact) mass is 429 g/mol. The summed E-state index contributed by atoms with van der Waals surface area (Å²) in [7, 11) is 1.60. The number of nitrogens with one attached hydrogen (secondary N) is 1. The van der Waals surface area contributed by atoms with Crippen LogP contribution in [0.5, 0.6) is 5.75 Å². The molecule has 0 fully saturated rings. The topological polar surface area (TPSA) is 59.2 Å². The molecule has 0 aliphatic rings. The Kier molecular flexibility index (Phi) is 6.01. The number of hydrogen-bond acceptors (Lipinski definition) is 3. The third-order valence-electron chi connectivity index (χ3n) is 5.10. The van der Waals surface area contributed by atoms with Gasteiger partial charge in [-0.3, -0.25) is 9.59 Å². The van der Waals surface area contributed by atoms with E-state index >= 15 is 0 Å². The number of rotatable bonds is 6. The fourth-order valence-corrected chi connectivity index (χ4v) is 3.72. The Labute approximate surface area is 184 Å². The van der Waals surface area contributed by atoms with E-state index in [2.05, 4.69) is 4.98 Å². The van der Waals surface area contributed by atoms with Gasteiger partial charge in [-0.1, -0.05) is 60.1 Å². The van der Waals surface area contributed by atoms with Gasteiger partial charge in [-0.2, -0.15) is 0 Å². The molecule has 0 aliphatic carbocycles. The van der Waals surface area contributed by atoms with Crippen molar-refractivity contribution in [3.05, 3.63) is 117 Å². The molecule has 0 spiro atoms. The highest BCUT2D eigenvalue weighted by molar-refractivity contribution is 6.31. The van der Waals surface area contributed by atoms with Crippen molar-refractivity contribution in [3.8, 4) is 5.75 Å². The zero-order valence-electron chi connectivity index (χ0n) is 16.9. The summed E-state index contributed by atoms with van der Waals surface area (Å²) in [6.45, 7) is 0. The molecule has 3 aromatic carbocycles. The van der Waals surface area contributed by atoms with E-state index in [0.717, 1.165) is 22.3 Å². The van der Waals surface area contributed by atoms with Crippen molar-refractivity contribution in [1.29, 1.82) is 0 Å². The number of halogens is 1. The Hall–Kier alpha value is -3.63. The average Bonchev–Trinajstić information content (AvgIpc) is 2.79. The highest BCUT2D eigenvalue weighted by Crippen LogP contribution is 2.25. The summed E-state index contributed by atoms with van der Waals surface area (Å²) in [5.41, 5.74) is 2.86. The van der Waals surface area contributed by atoms with E-state index in [9.17, 15) is 9.59 Å². The van der Waals surface area contributed by atoms with Crippen LogP contribution in [0, 0.1) is 0 Å². The Bertz CT molecular complexity index is 1320. The Balaban J connectivity index is 1.80. The van der Waals surface area contributed by atoms with Crippen LogP contribution in [0.4, 0.5) is 0 Å². The molecule has 31 heavy (non-hydrogen) atoms. The van der Waals surface area contributed by atoms with Gasteiger partial charge in [0.25, 0.3) is 5.56 Å². The van der Waals surface area contributed by atoms with Crippen molar-refractivity contribution in [2.24, 2.45) is 0 Å². The summed E-state index contributed by atoms with van der Waals surface area (Å²) in [6.07, 6.45) is 3.56. The van der Waals surface area contributed by atoms with Gasteiger partial charge in [-0.25, -0.2) is 0 Å². The first-order chi connectivity index (χ1) is 15.0. The minimum Gasteiger partial charge on any atom is -0.497 e. The van der Waals surface area contributed by atoms with Crippen LogP contribution >= 0.6 is 11.6 Å². The smallest absolute Gasteiger partial charge is 0.259 e. The van der Waals surface area contributed by atoms with Gasteiger partial charge in [-0.05, 0) is 59.5 Å². The molecule has 4 aromatic rings. The van der Waals surface area contributed by atoms with Crippen molar-refractivity contribution in [2.45, 2.75) is 6.42 Å². The molecule has 0 unspecified atom stereocenters. The number of fused-ring (bicyclic) bond motifs is 1. The lowest BCUT2D eigenvalue weighted by Gasteiger charge is -2.12. The second kappa shape index (κ2) is 9.02. The molecule has 0 aliphatic heterocycles. The molecule has 0 atom stereocenters. The molecule has 0 saturated heterocycles. The van der Waals surface area contributed by atoms with Crippen LogP contribution in [0.1, 0.15) is 27.0 Å². The fraction of sp³-hybridized carbons (Fsp3) is 0.0769. The third kappa shape index (κ3) is 4.60. The van der Waals surface area contributed by atoms with Crippen LogP contribution < -0.4 is 10.3 Å². The Morgan fingerprint density at radius 1 is 1.03 bits per heavy atom. The van der Waals surface area contributed by atoms with Crippen LogP contribution in [0.15, 0.2) is 83.7 Å². The first-order valence-electron chi connectivity index (χ1n) is 9.80. The second-order valence-corrected chi connectivity index (χ2v) is 7.57. The van der Waals surface area contributed by atoms with Gasteiger partial charge < -0.3 is 9.72 Å². The standard InChI is InChI=1S/C26H20ClNO3/c1-31-20-11-7-17(8-12-20)9-14-24(29)25-22(15-18-5-3-2-4-6-18)21-16-19(27)10-13-23(21)28-26(25)30/h2-14,16H,15H2,1H3,(H,28,30)/b14-9+. The predicted octanol–water partition coefficient (Wildman–Crippen LogP) is 5.68. The van der Waals surface area contributed by atoms with Gasteiger partial charge in [0.1, 0.15) is 5.75 Å². The van der Waals surface area contributed by atoms with Crippen molar-refractivity contribution in [1.82, 2.24) is 4.98 Å². The number of hydrogen-bond donors (Lipinski definition) is 1. The van der Waals surface area contributed by atoms with Crippen LogP contribution in [0.2, 0.25) is 5.02 Å². The maximum absolute atomic E-state index is 13.1. The first-order valence-corrected chi connectivity index (χ1v) is 10.2. The molecule has 5 heteroatoms. The van der Waals surface area contributed by atoms with Crippen molar-refractivity contribution in [3.63, 3.8) is 0 Å². The number of ketones is 1. The highest BCUT2D eigenvalue weighted by atomic mass is 35.5. The number of aromatic nitrogens is 1. The van der Waals surface area contributed by atoms with Crippen LogP contribution in [0.3, 0.4) is 0 Å². The summed E-state index contributed by atoms with van der Waals surface area (Å²) in [4.78, 5) is 28.9. The van der Waals surface area contributed by atoms with Gasteiger partial charge in [0, 0.05) is 15.9 Å².